The second-order valence-corrected chi connectivity index (χ2v) is 4.06. The second kappa shape index (κ2) is 4.26. The van der Waals surface area contributed by atoms with Crippen molar-refractivity contribution in [1.82, 2.24) is 4.90 Å². The number of halogens is 1. The number of alkyl halides is 1. The SMILES string of the molecule is O=C(C1CCOCC1)N1CC[C@H](F)C1. The van der Waals surface area contributed by atoms with Crippen molar-refractivity contribution in [2.45, 2.75) is 25.4 Å². The van der Waals surface area contributed by atoms with Gasteiger partial charge < -0.3 is 9.64 Å². The van der Waals surface area contributed by atoms with E-state index >= 15 is 0 Å². The monoisotopic (exact) mass is 201 g/mol. The Morgan fingerprint density at radius 2 is 2.00 bits per heavy atom. The van der Waals surface area contributed by atoms with Gasteiger partial charge in [-0.2, -0.15) is 0 Å². The molecule has 0 aromatic rings. The molecule has 0 unspecified atom stereocenters. The minimum Gasteiger partial charge on any atom is -0.381 e. The minimum absolute atomic E-state index is 0.0778. The van der Waals surface area contributed by atoms with E-state index in [1.807, 2.05) is 0 Å². The van der Waals surface area contributed by atoms with Crippen molar-refractivity contribution in [2.24, 2.45) is 5.92 Å². The molecule has 2 heterocycles. The standard InChI is InChI=1S/C10H16FNO2/c11-9-1-4-12(7-9)10(13)8-2-5-14-6-3-8/h8-9H,1-7H2/t9-/m0/s1. The average Bonchev–Trinajstić information content (AvgIpc) is 2.65. The van der Waals surface area contributed by atoms with Crippen LogP contribution in [0.2, 0.25) is 0 Å². The summed E-state index contributed by atoms with van der Waals surface area (Å²) in [7, 11) is 0. The largest absolute Gasteiger partial charge is 0.381 e. The van der Waals surface area contributed by atoms with Crippen LogP contribution in [0.15, 0.2) is 0 Å². The van der Waals surface area contributed by atoms with Gasteiger partial charge in [-0.1, -0.05) is 0 Å². The third-order valence-electron chi connectivity index (χ3n) is 3.01. The summed E-state index contributed by atoms with van der Waals surface area (Å²) in [5.41, 5.74) is 0. The molecule has 2 fully saturated rings. The topological polar surface area (TPSA) is 29.5 Å². The Kier molecular flexibility index (Phi) is 3.01. The van der Waals surface area contributed by atoms with Crippen molar-refractivity contribution < 1.29 is 13.9 Å². The van der Waals surface area contributed by atoms with Gasteiger partial charge >= 0.3 is 0 Å². The van der Waals surface area contributed by atoms with Crippen LogP contribution in [-0.4, -0.2) is 43.3 Å². The van der Waals surface area contributed by atoms with Gasteiger partial charge in [0.05, 0.1) is 6.54 Å². The number of ether oxygens (including phenoxy) is 1. The first-order valence-corrected chi connectivity index (χ1v) is 5.28. The summed E-state index contributed by atoms with van der Waals surface area (Å²) in [5, 5.41) is 0. The quantitative estimate of drug-likeness (QED) is 0.633. The summed E-state index contributed by atoms with van der Waals surface area (Å²) < 4.78 is 18.1. The smallest absolute Gasteiger partial charge is 0.225 e. The Morgan fingerprint density at radius 1 is 1.29 bits per heavy atom. The van der Waals surface area contributed by atoms with Crippen molar-refractivity contribution in [3.63, 3.8) is 0 Å². The first-order chi connectivity index (χ1) is 6.77. The molecular formula is C10H16FNO2. The van der Waals surface area contributed by atoms with E-state index < -0.39 is 6.17 Å². The molecule has 0 saturated carbocycles. The molecule has 1 atom stereocenters. The molecule has 2 rings (SSSR count). The van der Waals surface area contributed by atoms with Crippen molar-refractivity contribution in [3.05, 3.63) is 0 Å². The fourth-order valence-electron chi connectivity index (χ4n) is 2.12. The number of hydrogen-bond acceptors (Lipinski definition) is 2. The highest BCUT2D eigenvalue weighted by Gasteiger charge is 2.31. The van der Waals surface area contributed by atoms with Crippen molar-refractivity contribution >= 4 is 5.91 Å². The Balaban J connectivity index is 1.87. The molecule has 1 amide bonds. The highest BCUT2D eigenvalue weighted by Crippen LogP contribution is 2.21. The first kappa shape index (κ1) is 9.90. The Morgan fingerprint density at radius 3 is 2.57 bits per heavy atom. The number of carbonyl (C=O) groups is 1. The van der Waals surface area contributed by atoms with Crippen LogP contribution in [0.5, 0.6) is 0 Å². The van der Waals surface area contributed by atoms with Crippen LogP contribution in [0, 0.1) is 5.92 Å². The van der Waals surface area contributed by atoms with E-state index in [1.165, 1.54) is 0 Å². The number of amides is 1. The molecule has 14 heavy (non-hydrogen) atoms. The molecule has 80 valence electrons. The van der Waals surface area contributed by atoms with E-state index in [1.54, 1.807) is 4.90 Å². The third-order valence-corrected chi connectivity index (χ3v) is 3.01. The average molecular weight is 201 g/mol. The van der Waals surface area contributed by atoms with Crippen LogP contribution in [0.4, 0.5) is 4.39 Å². The molecule has 2 aliphatic heterocycles. The zero-order chi connectivity index (χ0) is 9.97. The van der Waals surface area contributed by atoms with Gasteiger partial charge in [-0.05, 0) is 19.3 Å². The van der Waals surface area contributed by atoms with Crippen LogP contribution in [0.1, 0.15) is 19.3 Å². The maximum atomic E-state index is 12.9. The van der Waals surface area contributed by atoms with Crippen LogP contribution >= 0.6 is 0 Å². The third kappa shape index (κ3) is 2.05. The van der Waals surface area contributed by atoms with E-state index in [-0.39, 0.29) is 11.8 Å². The van der Waals surface area contributed by atoms with Gasteiger partial charge in [-0.25, -0.2) is 4.39 Å². The van der Waals surface area contributed by atoms with Crippen LogP contribution in [0.3, 0.4) is 0 Å². The van der Waals surface area contributed by atoms with Crippen molar-refractivity contribution in [2.75, 3.05) is 26.3 Å². The van der Waals surface area contributed by atoms with E-state index in [4.69, 9.17) is 4.74 Å². The van der Waals surface area contributed by atoms with Gasteiger partial charge in [-0.3, -0.25) is 4.79 Å². The molecule has 0 aliphatic carbocycles. The summed E-state index contributed by atoms with van der Waals surface area (Å²) in [6, 6.07) is 0. The summed E-state index contributed by atoms with van der Waals surface area (Å²) >= 11 is 0. The van der Waals surface area contributed by atoms with Crippen molar-refractivity contribution in [1.29, 1.82) is 0 Å². The molecule has 0 N–H and O–H groups in total. The molecular weight excluding hydrogens is 185 g/mol. The number of likely N-dealkylation sites (tertiary alicyclic amines) is 1. The minimum atomic E-state index is -0.807. The molecule has 2 aliphatic rings. The van der Waals surface area contributed by atoms with Gasteiger partial charge in [0.15, 0.2) is 0 Å². The zero-order valence-electron chi connectivity index (χ0n) is 8.25. The maximum absolute atomic E-state index is 12.9. The van der Waals surface area contributed by atoms with Crippen LogP contribution < -0.4 is 0 Å². The fraction of sp³-hybridized carbons (Fsp3) is 0.900. The van der Waals surface area contributed by atoms with Gasteiger partial charge in [-0.15, -0.1) is 0 Å². The predicted molar refractivity (Wildman–Crippen MR) is 49.6 cm³/mol. The normalized spacial score (nSPS) is 29.5. The summed E-state index contributed by atoms with van der Waals surface area (Å²) in [5.74, 6) is 0.211. The number of nitrogens with zero attached hydrogens (tertiary/aromatic N) is 1. The van der Waals surface area contributed by atoms with Gasteiger partial charge in [0, 0.05) is 25.7 Å². The molecule has 3 nitrogen and oxygen atoms in total. The Hall–Kier alpha value is -0.640. The number of rotatable bonds is 1. The number of hydrogen-bond donors (Lipinski definition) is 0. The van der Waals surface area contributed by atoms with E-state index in [2.05, 4.69) is 0 Å². The molecule has 0 bridgehead atoms. The molecule has 0 spiro atoms. The molecule has 0 aromatic carbocycles. The van der Waals surface area contributed by atoms with Gasteiger partial charge in [0.2, 0.25) is 5.91 Å². The highest BCUT2D eigenvalue weighted by atomic mass is 19.1. The van der Waals surface area contributed by atoms with Crippen molar-refractivity contribution in [3.8, 4) is 0 Å². The number of carbonyl (C=O) groups excluding carboxylic acids is 1. The first-order valence-electron chi connectivity index (χ1n) is 5.28. The fourth-order valence-corrected chi connectivity index (χ4v) is 2.12. The lowest BCUT2D eigenvalue weighted by Crippen LogP contribution is -2.37. The lowest BCUT2D eigenvalue weighted by molar-refractivity contribution is -0.137. The zero-order valence-corrected chi connectivity index (χ0v) is 8.25. The predicted octanol–water partition coefficient (Wildman–Crippen LogP) is 0.983. The lowest BCUT2D eigenvalue weighted by atomic mass is 9.99. The Labute approximate surface area is 83.2 Å². The molecule has 2 saturated heterocycles. The maximum Gasteiger partial charge on any atom is 0.225 e. The molecule has 0 aromatic heterocycles. The summed E-state index contributed by atoms with van der Waals surface area (Å²) in [6.45, 7) is 2.24. The lowest BCUT2D eigenvalue weighted by Gasteiger charge is -2.25. The summed E-state index contributed by atoms with van der Waals surface area (Å²) in [6.07, 6.45) is 1.30. The molecule has 4 heteroatoms. The molecule has 0 radical (unpaired) electrons. The van der Waals surface area contributed by atoms with Crippen LogP contribution in [-0.2, 0) is 9.53 Å². The van der Waals surface area contributed by atoms with Gasteiger partial charge in [0.1, 0.15) is 6.17 Å². The highest BCUT2D eigenvalue weighted by molar-refractivity contribution is 5.79. The second-order valence-electron chi connectivity index (χ2n) is 4.06. The van der Waals surface area contributed by atoms with E-state index in [0.717, 1.165) is 12.8 Å². The Bertz CT molecular complexity index is 209. The van der Waals surface area contributed by atoms with E-state index in [9.17, 15) is 9.18 Å². The van der Waals surface area contributed by atoms with E-state index in [0.29, 0.717) is 32.7 Å². The van der Waals surface area contributed by atoms with Crippen LogP contribution in [0.25, 0.3) is 0 Å². The van der Waals surface area contributed by atoms with Gasteiger partial charge in [0.25, 0.3) is 0 Å². The summed E-state index contributed by atoms with van der Waals surface area (Å²) in [4.78, 5) is 13.5.